The van der Waals surface area contributed by atoms with Crippen molar-refractivity contribution in [1.82, 2.24) is 14.3 Å². The molecule has 0 spiro atoms. The summed E-state index contributed by atoms with van der Waals surface area (Å²) in [6.45, 7) is 5.07. The predicted octanol–water partition coefficient (Wildman–Crippen LogP) is 5.00. The molecule has 3 aromatic heterocycles. The summed E-state index contributed by atoms with van der Waals surface area (Å²) in [7, 11) is -3.51. The van der Waals surface area contributed by atoms with Gasteiger partial charge in [0.15, 0.2) is 5.13 Å². The highest BCUT2D eigenvalue weighted by Crippen LogP contribution is 2.35. The van der Waals surface area contributed by atoms with Gasteiger partial charge in [-0.3, -0.25) is 14.7 Å². The minimum atomic E-state index is -3.51. The number of carbonyl (C=O) groups is 1. The number of carbonyl (C=O) groups excluding carboxylic acids is 1. The molecule has 1 aliphatic heterocycles. The van der Waals surface area contributed by atoms with Crippen LogP contribution >= 0.6 is 22.7 Å². The highest BCUT2D eigenvalue weighted by Gasteiger charge is 2.35. The summed E-state index contributed by atoms with van der Waals surface area (Å²) >= 11 is 2.73. The molecule has 0 N–H and O–H groups in total. The SMILES string of the molecule is Cc1cc(C)c2nc(N(Cc3ccccn3)C(=O)C3CCN(S(=O)(=O)c4cccs4)CC3)sc2c1. The first kappa shape index (κ1) is 24.1. The number of sulfonamides is 1. The molecule has 35 heavy (non-hydrogen) atoms. The zero-order valence-electron chi connectivity index (χ0n) is 19.5. The van der Waals surface area contributed by atoms with Gasteiger partial charge >= 0.3 is 0 Å². The molecule has 1 amide bonds. The number of nitrogens with zero attached hydrogens (tertiary/aromatic N) is 4. The molecule has 1 aromatic carbocycles. The van der Waals surface area contributed by atoms with E-state index in [0.717, 1.165) is 27.0 Å². The lowest BCUT2D eigenvalue weighted by Crippen LogP contribution is -2.44. The third kappa shape index (κ3) is 4.88. The smallest absolute Gasteiger partial charge is 0.252 e. The number of thiazole rings is 1. The maximum Gasteiger partial charge on any atom is 0.252 e. The van der Waals surface area contributed by atoms with E-state index in [2.05, 4.69) is 24.0 Å². The van der Waals surface area contributed by atoms with E-state index in [1.807, 2.05) is 25.1 Å². The topological polar surface area (TPSA) is 83.5 Å². The van der Waals surface area contributed by atoms with E-state index in [1.165, 1.54) is 27.0 Å². The van der Waals surface area contributed by atoms with E-state index in [-0.39, 0.29) is 11.8 Å². The Morgan fingerprint density at radius 3 is 2.63 bits per heavy atom. The van der Waals surface area contributed by atoms with Crippen molar-refractivity contribution in [3.05, 3.63) is 70.9 Å². The largest absolute Gasteiger partial charge is 0.282 e. The quantitative estimate of drug-likeness (QED) is 0.353. The molecule has 182 valence electrons. The third-order valence-electron chi connectivity index (χ3n) is 6.25. The Morgan fingerprint density at radius 2 is 1.94 bits per heavy atom. The van der Waals surface area contributed by atoms with Crippen LogP contribution in [-0.4, -0.2) is 41.7 Å². The molecule has 1 aliphatic rings. The summed E-state index contributed by atoms with van der Waals surface area (Å²) in [5.74, 6) is -0.305. The Hall–Kier alpha value is -2.66. The average Bonchev–Trinajstić information content (AvgIpc) is 3.54. The van der Waals surface area contributed by atoms with Crippen molar-refractivity contribution in [3.8, 4) is 0 Å². The first-order chi connectivity index (χ1) is 16.8. The van der Waals surface area contributed by atoms with Crippen molar-refractivity contribution in [3.63, 3.8) is 0 Å². The van der Waals surface area contributed by atoms with E-state index >= 15 is 0 Å². The molecule has 7 nitrogen and oxygen atoms in total. The molecule has 5 rings (SSSR count). The van der Waals surface area contributed by atoms with Crippen LogP contribution < -0.4 is 4.90 Å². The number of fused-ring (bicyclic) bond motifs is 1. The zero-order chi connectivity index (χ0) is 24.6. The molecule has 10 heteroatoms. The number of aromatic nitrogens is 2. The second-order valence-electron chi connectivity index (χ2n) is 8.78. The number of anilines is 1. The summed E-state index contributed by atoms with van der Waals surface area (Å²) in [6.07, 6.45) is 2.67. The highest BCUT2D eigenvalue weighted by atomic mass is 32.2. The number of hydrogen-bond acceptors (Lipinski definition) is 7. The van der Waals surface area contributed by atoms with Crippen LogP contribution in [0, 0.1) is 19.8 Å². The molecule has 4 heterocycles. The van der Waals surface area contributed by atoms with Gasteiger partial charge in [0.2, 0.25) is 5.91 Å². The monoisotopic (exact) mass is 526 g/mol. The Kier molecular flexibility index (Phi) is 6.71. The summed E-state index contributed by atoms with van der Waals surface area (Å²) < 4.78 is 28.7. The van der Waals surface area contributed by atoms with Gasteiger partial charge in [-0.15, -0.1) is 11.3 Å². The number of piperidine rings is 1. The van der Waals surface area contributed by atoms with Crippen LogP contribution in [0.4, 0.5) is 5.13 Å². The first-order valence-corrected chi connectivity index (χ1v) is 14.6. The fourth-order valence-electron chi connectivity index (χ4n) is 4.47. The Bertz CT molecular complexity index is 1440. The molecule has 0 radical (unpaired) electrons. The van der Waals surface area contributed by atoms with Gasteiger partial charge in [0.05, 0.1) is 22.5 Å². The van der Waals surface area contributed by atoms with Crippen molar-refractivity contribution in [1.29, 1.82) is 0 Å². The van der Waals surface area contributed by atoms with Crippen molar-refractivity contribution >= 4 is 54.0 Å². The molecule has 1 fully saturated rings. The van der Waals surface area contributed by atoms with E-state index < -0.39 is 10.0 Å². The molecule has 0 aliphatic carbocycles. The van der Waals surface area contributed by atoms with Crippen LogP contribution in [0.3, 0.4) is 0 Å². The maximum atomic E-state index is 13.8. The third-order valence-corrected chi connectivity index (χ3v) is 10.6. The van der Waals surface area contributed by atoms with Crippen LogP contribution in [-0.2, 0) is 21.4 Å². The van der Waals surface area contributed by atoms with Gasteiger partial charge in [0.1, 0.15) is 4.21 Å². The molecule has 0 bridgehead atoms. The molecule has 0 unspecified atom stereocenters. The van der Waals surface area contributed by atoms with E-state index in [1.54, 1.807) is 28.6 Å². The van der Waals surface area contributed by atoms with E-state index in [9.17, 15) is 13.2 Å². The molecular formula is C25H26N4O3S3. The molecule has 4 aromatic rings. The molecule has 1 saturated heterocycles. The van der Waals surface area contributed by atoms with Gasteiger partial charge in [-0.25, -0.2) is 13.4 Å². The number of benzene rings is 1. The normalized spacial score (nSPS) is 15.5. The minimum absolute atomic E-state index is 0.0303. The predicted molar refractivity (Wildman–Crippen MR) is 140 cm³/mol. The van der Waals surface area contributed by atoms with Crippen molar-refractivity contribution in [2.24, 2.45) is 5.92 Å². The fourth-order valence-corrected chi connectivity index (χ4v) is 8.23. The summed E-state index contributed by atoms with van der Waals surface area (Å²) in [5.41, 5.74) is 3.93. The summed E-state index contributed by atoms with van der Waals surface area (Å²) in [5, 5.41) is 2.41. The second-order valence-corrected chi connectivity index (χ2v) is 12.9. The molecule has 0 atom stereocenters. The van der Waals surface area contributed by atoms with Crippen LogP contribution in [0.1, 0.15) is 29.7 Å². The van der Waals surface area contributed by atoms with Crippen LogP contribution in [0.5, 0.6) is 0 Å². The average molecular weight is 527 g/mol. The van der Waals surface area contributed by atoms with Crippen molar-refractivity contribution in [2.75, 3.05) is 18.0 Å². The maximum absolute atomic E-state index is 13.8. The highest BCUT2D eigenvalue weighted by molar-refractivity contribution is 7.91. The minimum Gasteiger partial charge on any atom is -0.282 e. The van der Waals surface area contributed by atoms with Crippen LogP contribution in [0.2, 0.25) is 0 Å². The number of rotatable bonds is 6. The fraction of sp³-hybridized carbons (Fsp3) is 0.320. The zero-order valence-corrected chi connectivity index (χ0v) is 22.0. The van der Waals surface area contributed by atoms with Crippen LogP contribution in [0.25, 0.3) is 10.2 Å². The second kappa shape index (κ2) is 9.77. The van der Waals surface area contributed by atoms with Crippen molar-refractivity contribution in [2.45, 2.75) is 37.4 Å². The van der Waals surface area contributed by atoms with E-state index in [0.29, 0.717) is 41.8 Å². The standard InChI is InChI=1S/C25H26N4O3S3/c1-17-14-18(2)23-21(15-17)34-25(27-23)29(16-20-6-3-4-10-26-20)24(30)19-8-11-28(12-9-19)35(31,32)22-7-5-13-33-22/h3-7,10,13-15,19H,8-9,11-12,16H2,1-2H3. The number of hydrogen-bond donors (Lipinski definition) is 0. The summed E-state index contributed by atoms with van der Waals surface area (Å²) in [6, 6.07) is 13.2. The molecular weight excluding hydrogens is 501 g/mol. The number of thiophene rings is 1. The Morgan fingerprint density at radius 1 is 1.14 bits per heavy atom. The Labute approximate surface area is 213 Å². The van der Waals surface area contributed by atoms with Gasteiger partial charge in [-0.1, -0.05) is 29.5 Å². The molecule has 0 saturated carbocycles. The summed E-state index contributed by atoms with van der Waals surface area (Å²) in [4.78, 5) is 24.8. The lowest BCUT2D eigenvalue weighted by molar-refractivity contribution is -0.123. The first-order valence-electron chi connectivity index (χ1n) is 11.5. The lowest BCUT2D eigenvalue weighted by Gasteiger charge is -2.32. The van der Waals surface area contributed by atoms with Gasteiger partial charge in [-0.2, -0.15) is 4.31 Å². The number of amides is 1. The van der Waals surface area contributed by atoms with Gasteiger partial charge in [0, 0.05) is 25.2 Å². The van der Waals surface area contributed by atoms with E-state index in [4.69, 9.17) is 4.98 Å². The van der Waals surface area contributed by atoms with Crippen molar-refractivity contribution < 1.29 is 13.2 Å². The van der Waals surface area contributed by atoms with Gasteiger partial charge < -0.3 is 0 Å². The number of pyridine rings is 1. The van der Waals surface area contributed by atoms with Crippen LogP contribution in [0.15, 0.2) is 58.3 Å². The Balaban J connectivity index is 1.40. The number of aryl methyl sites for hydroxylation is 2. The lowest BCUT2D eigenvalue weighted by atomic mass is 9.96. The van der Waals surface area contributed by atoms with Gasteiger partial charge in [-0.05, 0) is 67.5 Å². The van der Waals surface area contributed by atoms with Gasteiger partial charge in [0.25, 0.3) is 10.0 Å².